The van der Waals surface area contributed by atoms with E-state index in [1.807, 2.05) is 52.8 Å². The first-order chi connectivity index (χ1) is 17.4. The highest BCUT2D eigenvalue weighted by Gasteiger charge is 2.29. The molecule has 0 radical (unpaired) electrons. The van der Waals surface area contributed by atoms with Crippen LogP contribution >= 0.6 is 0 Å². The van der Waals surface area contributed by atoms with Gasteiger partial charge in [-0.1, -0.05) is 6.07 Å². The van der Waals surface area contributed by atoms with Gasteiger partial charge in [0.15, 0.2) is 0 Å². The normalized spacial score (nSPS) is 15.5. The highest BCUT2D eigenvalue weighted by atomic mass is 16.6. The molecule has 0 saturated carbocycles. The molecule has 1 amide bonds. The molecule has 1 aromatic heterocycles. The molecule has 0 bridgehead atoms. The van der Waals surface area contributed by atoms with Crippen molar-refractivity contribution in [3.8, 4) is 5.75 Å². The lowest BCUT2D eigenvalue weighted by atomic mass is 9.88. The standard InChI is InChI=1S/C29H39N5O3/c1-17-12-21(14-22(30)13-17)18(2)31-27-24-15-23(26(36-7)16-25(24)32-19(3)33-27)20-8-10-34(11-9-20)28(35)37-29(4,5)6/h12-16,18,20H,8-11,30H2,1-7H3,(H,31,32,33)/t18-/m1/s1. The quantitative estimate of drug-likeness (QED) is 0.402. The summed E-state index contributed by atoms with van der Waals surface area (Å²) in [6, 6.07) is 10.3. The molecule has 3 aromatic rings. The number of piperidine rings is 1. The van der Waals surface area contributed by atoms with Crippen LogP contribution in [-0.2, 0) is 4.74 Å². The summed E-state index contributed by atoms with van der Waals surface area (Å²) in [6.45, 7) is 13.0. The fourth-order valence-electron chi connectivity index (χ4n) is 4.98. The van der Waals surface area contributed by atoms with Crippen LogP contribution in [0.2, 0.25) is 0 Å². The minimum absolute atomic E-state index is 0.00215. The summed E-state index contributed by atoms with van der Waals surface area (Å²) in [7, 11) is 1.69. The summed E-state index contributed by atoms with van der Waals surface area (Å²) in [6.07, 6.45) is 1.41. The molecule has 1 aliphatic heterocycles. The smallest absolute Gasteiger partial charge is 0.410 e. The second kappa shape index (κ2) is 10.4. The number of nitrogens with two attached hydrogens (primary N) is 1. The predicted octanol–water partition coefficient (Wildman–Crippen LogP) is 6.13. The van der Waals surface area contributed by atoms with Crippen LogP contribution in [0.3, 0.4) is 0 Å². The van der Waals surface area contributed by atoms with Crippen molar-refractivity contribution < 1.29 is 14.3 Å². The van der Waals surface area contributed by atoms with E-state index in [4.69, 9.17) is 20.2 Å². The molecule has 37 heavy (non-hydrogen) atoms. The van der Waals surface area contributed by atoms with E-state index in [1.54, 1.807) is 12.0 Å². The van der Waals surface area contributed by atoms with Gasteiger partial charge in [-0.05, 0) is 95.2 Å². The van der Waals surface area contributed by atoms with Crippen LogP contribution in [0, 0.1) is 13.8 Å². The lowest BCUT2D eigenvalue weighted by molar-refractivity contribution is 0.0204. The number of methoxy groups -OCH3 is 1. The van der Waals surface area contributed by atoms with Gasteiger partial charge in [-0.2, -0.15) is 0 Å². The number of carbonyl (C=O) groups excluding carboxylic acids is 1. The van der Waals surface area contributed by atoms with Crippen molar-refractivity contribution in [1.29, 1.82) is 0 Å². The maximum absolute atomic E-state index is 12.5. The molecular formula is C29H39N5O3. The summed E-state index contributed by atoms with van der Waals surface area (Å²) < 4.78 is 11.4. The highest BCUT2D eigenvalue weighted by Crippen LogP contribution is 2.39. The fourth-order valence-corrected chi connectivity index (χ4v) is 4.98. The average Bonchev–Trinajstić information content (AvgIpc) is 2.81. The maximum atomic E-state index is 12.5. The molecule has 1 atom stereocenters. The summed E-state index contributed by atoms with van der Waals surface area (Å²) in [4.78, 5) is 23.8. The van der Waals surface area contributed by atoms with Gasteiger partial charge in [0.1, 0.15) is 23.0 Å². The zero-order chi connectivity index (χ0) is 26.9. The van der Waals surface area contributed by atoms with Crippen LogP contribution < -0.4 is 15.8 Å². The third-order valence-corrected chi connectivity index (χ3v) is 6.72. The van der Waals surface area contributed by atoms with Crippen molar-refractivity contribution in [1.82, 2.24) is 14.9 Å². The van der Waals surface area contributed by atoms with Crippen LogP contribution in [0.15, 0.2) is 30.3 Å². The SMILES string of the molecule is COc1cc2nc(C)nc(N[C@H](C)c3cc(C)cc(N)c3)c2cc1C1CCN(C(=O)OC(C)(C)C)CC1. The van der Waals surface area contributed by atoms with Gasteiger partial charge in [-0.25, -0.2) is 14.8 Å². The van der Waals surface area contributed by atoms with Crippen molar-refractivity contribution >= 4 is 28.5 Å². The van der Waals surface area contributed by atoms with E-state index < -0.39 is 5.60 Å². The Hall–Kier alpha value is -3.55. The van der Waals surface area contributed by atoms with E-state index >= 15 is 0 Å². The summed E-state index contributed by atoms with van der Waals surface area (Å²) in [5.74, 6) is 2.53. The van der Waals surface area contributed by atoms with Crippen LogP contribution in [0.1, 0.15) is 75.0 Å². The number of aryl methyl sites for hydroxylation is 2. The van der Waals surface area contributed by atoms with Crippen molar-refractivity contribution in [3.05, 3.63) is 52.8 Å². The number of hydrogen-bond acceptors (Lipinski definition) is 7. The molecule has 0 aliphatic carbocycles. The number of likely N-dealkylation sites (tertiary alicyclic amines) is 1. The lowest BCUT2D eigenvalue weighted by Crippen LogP contribution is -2.41. The van der Waals surface area contributed by atoms with E-state index in [9.17, 15) is 4.79 Å². The number of hydrogen-bond donors (Lipinski definition) is 2. The number of carbonyl (C=O) groups is 1. The van der Waals surface area contributed by atoms with Gasteiger partial charge in [0.2, 0.25) is 0 Å². The Balaban J connectivity index is 1.62. The van der Waals surface area contributed by atoms with Gasteiger partial charge in [0.25, 0.3) is 0 Å². The topological polar surface area (TPSA) is 103 Å². The zero-order valence-corrected chi connectivity index (χ0v) is 23.0. The molecule has 0 unspecified atom stereocenters. The molecule has 2 heterocycles. The monoisotopic (exact) mass is 505 g/mol. The fraction of sp³-hybridized carbons (Fsp3) is 0.483. The Bertz CT molecular complexity index is 1270. The molecular weight excluding hydrogens is 466 g/mol. The number of ether oxygens (including phenoxy) is 2. The van der Waals surface area contributed by atoms with Crippen LogP contribution in [0.5, 0.6) is 5.75 Å². The number of benzene rings is 2. The van der Waals surface area contributed by atoms with Gasteiger partial charge in [-0.3, -0.25) is 0 Å². The number of rotatable bonds is 5. The number of nitrogen functional groups attached to an aromatic ring is 1. The second-order valence-electron chi connectivity index (χ2n) is 11.0. The third-order valence-electron chi connectivity index (χ3n) is 6.72. The minimum Gasteiger partial charge on any atom is -0.496 e. The number of anilines is 2. The summed E-state index contributed by atoms with van der Waals surface area (Å²) in [5.41, 5.74) is 10.5. The Morgan fingerprint density at radius 1 is 1.11 bits per heavy atom. The molecule has 1 aliphatic rings. The highest BCUT2D eigenvalue weighted by molar-refractivity contribution is 5.91. The molecule has 3 N–H and O–H groups in total. The molecule has 1 fully saturated rings. The molecule has 2 aromatic carbocycles. The molecule has 0 spiro atoms. The first kappa shape index (κ1) is 26.5. The minimum atomic E-state index is -0.502. The Morgan fingerprint density at radius 2 is 1.81 bits per heavy atom. The van der Waals surface area contributed by atoms with Crippen molar-refractivity contribution in [3.63, 3.8) is 0 Å². The lowest BCUT2D eigenvalue weighted by Gasteiger charge is -2.34. The number of amides is 1. The molecule has 1 saturated heterocycles. The first-order valence-corrected chi connectivity index (χ1v) is 12.9. The van der Waals surface area contributed by atoms with Gasteiger partial charge in [-0.15, -0.1) is 0 Å². The number of fused-ring (bicyclic) bond motifs is 1. The van der Waals surface area contributed by atoms with Crippen LogP contribution in [0.4, 0.5) is 16.3 Å². The largest absolute Gasteiger partial charge is 0.496 e. The Kier molecular flexibility index (Phi) is 7.48. The van der Waals surface area contributed by atoms with Gasteiger partial charge in [0, 0.05) is 30.2 Å². The van der Waals surface area contributed by atoms with E-state index in [0.29, 0.717) is 18.9 Å². The Labute approximate surface area is 219 Å². The molecule has 198 valence electrons. The number of aromatic nitrogens is 2. The average molecular weight is 506 g/mol. The summed E-state index contributed by atoms with van der Waals surface area (Å²) in [5, 5.41) is 4.54. The second-order valence-corrected chi connectivity index (χ2v) is 11.0. The van der Waals surface area contributed by atoms with E-state index in [0.717, 1.165) is 57.7 Å². The zero-order valence-electron chi connectivity index (χ0n) is 23.0. The molecule has 4 rings (SSSR count). The van der Waals surface area contributed by atoms with Crippen molar-refractivity contribution in [2.24, 2.45) is 0 Å². The number of nitrogens with one attached hydrogen (secondary N) is 1. The van der Waals surface area contributed by atoms with Gasteiger partial charge >= 0.3 is 6.09 Å². The first-order valence-electron chi connectivity index (χ1n) is 12.9. The third kappa shape index (κ3) is 6.24. The predicted molar refractivity (Wildman–Crippen MR) is 148 cm³/mol. The summed E-state index contributed by atoms with van der Waals surface area (Å²) >= 11 is 0. The van der Waals surface area contributed by atoms with Crippen molar-refractivity contribution in [2.75, 3.05) is 31.2 Å². The van der Waals surface area contributed by atoms with Crippen molar-refractivity contribution in [2.45, 2.75) is 71.9 Å². The van der Waals surface area contributed by atoms with Crippen LogP contribution in [-0.4, -0.2) is 46.8 Å². The molecule has 8 heteroatoms. The van der Waals surface area contributed by atoms with E-state index in [2.05, 4.69) is 29.4 Å². The molecule has 8 nitrogen and oxygen atoms in total. The van der Waals surface area contributed by atoms with Gasteiger partial charge in [0.05, 0.1) is 18.7 Å². The van der Waals surface area contributed by atoms with Crippen LogP contribution in [0.25, 0.3) is 10.9 Å². The van der Waals surface area contributed by atoms with E-state index in [-0.39, 0.29) is 18.1 Å². The van der Waals surface area contributed by atoms with E-state index in [1.165, 1.54) is 0 Å². The number of nitrogens with zero attached hydrogens (tertiary/aromatic N) is 3. The Morgan fingerprint density at radius 3 is 2.43 bits per heavy atom. The van der Waals surface area contributed by atoms with Gasteiger partial charge < -0.3 is 25.4 Å². The maximum Gasteiger partial charge on any atom is 0.410 e.